The Morgan fingerprint density at radius 3 is 2.55 bits per heavy atom. The summed E-state index contributed by atoms with van der Waals surface area (Å²) in [6, 6.07) is 13.2. The van der Waals surface area contributed by atoms with Gasteiger partial charge in [-0.05, 0) is 72.2 Å². The van der Waals surface area contributed by atoms with Crippen molar-refractivity contribution in [3.63, 3.8) is 0 Å². The van der Waals surface area contributed by atoms with E-state index in [1.165, 1.54) is 0 Å². The predicted octanol–water partition coefficient (Wildman–Crippen LogP) is 4.59. The van der Waals surface area contributed by atoms with Gasteiger partial charge >= 0.3 is 6.03 Å². The summed E-state index contributed by atoms with van der Waals surface area (Å²) < 4.78 is 13.6. The molecule has 4 rings (SSSR count). The van der Waals surface area contributed by atoms with Gasteiger partial charge in [0.2, 0.25) is 0 Å². The molecule has 3 aromatic rings. The Balaban J connectivity index is 1.32. The number of carbonyl (C=O) groups excluding carboxylic acids is 1. The van der Waals surface area contributed by atoms with E-state index in [4.69, 9.17) is 9.47 Å². The minimum atomic E-state index is -0.140. The van der Waals surface area contributed by atoms with E-state index in [2.05, 4.69) is 31.6 Å². The first-order valence-electron chi connectivity index (χ1n) is 10.2. The number of benzene rings is 2. The topological polar surface area (TPSA) is 81.5 Å². The van der Waals surface area contributed by atoms with Gasteiger partial charge in [0, 0.05) is 24.3 Å². The average Bonchev–Trinajstić information content (AvgIpc) is 3.19. The maximum absolute atomic E-state index is 12.5. The molecular weight excluding hydrogens is 462 g/mol. The Kier molecular flexibility index (Phi) is 6.41. The van der Waals surface area contributed by atoms with Crippen molar-refractivity contribution < 1.29 is 14.3 Å². The summed E-state index contributed by atoms with van der Waals surface area (Å²) in [4.78, 5) is 14.3. The molecule has 162 valence electrons. The third kappa shape index (κ3) is 4.82. The molecule has 1 aliphatic rings. The summed E-state index contributed by atoms with van der Waals surface area (Å²) in [5, 5.41) is 11.4. The lowest BCUT2D eigenvalue weighted by Gasteiger charge is -2.38. The fourth-order valence-corrected chi connectivity index (χ4v) is 3.81. The molecule has 0 saturated carbocycles. The maximum Gasteiger partial charge on any atom is 0.321 e. The van der Waals surface area contributed by atoms with E-state index in [9.17, 15) is 4.79 Å². The highest BCUT2D eigenvalue weighted by atomic mass is 79.9. The Bertz CT molecular complexity index is 1050. The lowest BCUT2D eigenvalue weighted by atomic mass is 10.1. The minimum absolute atomic E-state index is 0.113. The summed E-state index contributed by atoms with van der Waals surface area (Å²) in [7, 11) is 0. The zero-order chi connectivity index (χ0) is 21.8. The highest BCUT2D eigenvalue weighted by molar-refractivity contribution is 9.10. The van der Waals surface area contributed by atoms with Gasteiger partial charge in [0.1, 0.15) is 17.2 Å². The van der Waals surface area contributed by atoms with Crippen LogP contribution in [0, 0.1) is 0 Å². The number of hydrogen-bond acceptors (Lipinski definition) is 5. The van der Waals surface area contributed by atoms with Crippen molar-refractivity contribution in [1.82, 2.24) is 19.9 Å². The van der Waals surface area contributed by atoms with Crippen LogP contribution in [0.2, 0.25) is 0 Å². The molecule has 2 heterocycles. The molecule has 1 N–H and O–H groups in total. The van der Waals surface area contributed by atoms with E-state index in [0.717, 1.165) is 27.2 Å². The number of ether oxygens (including phenoxy) is 2. The van der Waals surface area contributed by atoms with E-state index in [1.807, 2.05) is 67.2 Å². The molecule has 1 aliphatic heterocycles. The number of rotatable bonds is 7. The number of nitrogens with one attached hydrogen (secondary N) is 1. The van der Waals surface area contributed by atoms with Crippen molar-refractivity contribution in [3.05, 3.63) is 53.1 Å². The van der Waals surface area contributed by atoms with Crippen LogP contribution in [0.4, 0.5) is 10.5 Å². The van der Waals surface area contributed by atoms with Crippen molar-refractivity contribution in [2.24, 2.45) is 0 Å². The lowest BCUT2D eigenvalue weighted by molar-refractivity contribution is 0.127. The van der Waals surface area contributed by atoms with Gasteiger partial charge in [-0.25, -0.2) is 9.48 Å². The molecule has 2 amide bonds. The van der Waals surface area contributed by atoms with Crippen LogP contribution in [0.3, 0.4) is 0 Å². The van der Waals surface area contributed by atoms with Crippen LogP contribution in [0.25, 0.3) is 11.3 Å². The Labute approximate surface area is 189 Å². The number of anilines is 1. The van der Waals surface area contributed by atoms with Crippen LogP contribution in [-0.2, 0) is 0 Å². The van der Waals surface area contributed by atoms with E-state index in [-0.39, 0.29) is 12.1 Å². The van der Waals surface area contributed by atoms with Crippen LogP contribution in [0.15, 0.2) is 53.1 Å². The molecule has 0 atom stereocenters. The van der Waals surface area contributed by atoms with Gasteiger partial charge in [0.15, 0.2) is 0 Å². The minimum Gasteiger partial charge on any atom is -0.494 e. The largest absolute Gasteiger partial charge is 0.494 e. The number of urea groups is 1. The van der Waals surface area contributed by atoms with Gasteiger partial charge in [-0.15, -0.1) is 5.10 Å². The van der Waals surface area contributed by atoms with Crippen molar-refractivity contribution >= 4 is 27.6 Å². The monoisotopic (exact) mass is 485 g/mol. The summed E-state index contributed by atoms with van der Waals surface area (Å²) in [6.07, 6.45) is 1.92. The fourth-order valence-electron chi connectivity index (χ4n) is 3.32. The molecule has 0 spiro atoms. The summed E-state index contributed by atoms with van der Waals surface area (Å²) in [5.74, 6) is 1.58. The number of nitrogens with zero attached hydrogens (tertiary/aromatic N) is 4. The fraction of sp³-hybridized carbons (Fsp3) is 0.318. The standard InChI is InChI=1S/C22H24BrN5O3/c1-3-30-18-8-5-15(6-9-18)20-14-28(26-25-20)17-12-27(13-17)22(29)24-16-7-10-21(31-4-2)19(23)11-16/h5-11,14,17H,3-4,12-13H2,1-2H3,(H,24,29). The van der Waals surface area contributed by atoms with E-state index in [0.29, 0.717) is 32.0 Å². The summed E-state index contributed by atoms with van der Waals surface area (Å²) in [5.41, 5.74) is 2.48. The first kappa shape index (κ1) is 21.2. The maximum atomic E-state index is 12.5. The van der Waals surface area contributed by atoms with Crippen molar-refractivity contribution in [3.8, 4) is 22.8 Å². The van der Waals surface area contributed by atoms with Crippen molar-refractivity contribution in [2.45, 2.75) is 19.9 Å². The summed E-state index contributed by atoms with van der Waals surface area (Å²) in [6.45, 7) is 6.27. The Hall–Kier alpha value is -3.07. The molecule has 0 radical (unpaired) electrons. The number of amides is 2. The molecule has 0 aliphatic carbocycles. The third-order valence-electron chi connectivity index (χ3n) is 4.98. The Morgan fingerprint density at radius 1 is 1.13 bits per heavy atom. The molecule has 1 saturated heterocycles. The van der Waals surface area contributed by atoms with E-state index >= 15 is 0 Å². The van der Waals surface area contributed by atoms with Crippen LogP contribution < -0.4 is 14.8 Å². The number of aromatic nitrogens is 3. The van der Waals surface area contributed by atoms with Crippen molar-refractivity contribution in [1.29, 1.82) is 0 Å². The molecule has 0 unspecified atom stereocenters. The number of likely N-dealkylation sites (tertiary alicyclic amines) is 1. The highest BCUT2D eigenvalue weighted by Gasteiger charge is 2.33. The van der Waals surface area contributed by atoms with Crippen LogP contribution in [0.5, 0.6) is 11.5 Å². The molecule has 0 bridgehead atoms. The predicted molar refractivity (Wildman–Crippen MR) is 122 cm³/mol. The van der Waals surface area contributed by atoms with Crippen molar-refractivity contribution in [2.75, 3.05) is 31.6 Å². The van der Waals surface area contributed by atoms with Gasteiger partial charge in [0.05, 0.1) is 29.9 Å². The second-order valence-electron chi connectivity index (χ2n) is 7.11. The molecule has 31 heavy (non-hydrogen) atoms. The molecular formula is C22H24BrN5O3. The first-order chi connectivity index (χ1) is 15.1. The van der Waals surface area contributed by atoms with Gasteiger partial charge in [-0.3, -0.25) is 0 Å². The zero-order valence-electron chi connectivity index (χ0n) is 17.4. The normalized spacial score (nSPS) is 13.6. The van der Waals surface area contributed by atoms with Crippen LogP contribution >= 0.6 is 15.9 Å². The van der Waals surface area contributed by atoms with Crippen LogP contribution in [-0.4, -0.2) is 52.2 Å². The van der Waals surface area contributed by atoms with Gasteiger partial charge in [-0.1, -0.05) is 5.21 Å². The first-order valence-corrected chi connectivity index (χ1v) is 11.0. The Morgan fingerprint density at radius 2 is 1.87 bits per heavy atom. The van der Waals surface area contributed by atoms with Crippen LogP contribution in [0.1, 0.15) is 19.9 Å². The molecule has 8 nitrogen and oxygen atoms in total. The average molecular weight is 486 g/mol. The van der Waals surface area contributed by atoms with Gasteiger partial charge < -0.3 is 19.7 Å². The highest BCUT2D eigenvalue weighted by Crippen LogP contribution is 2.29. The SMILES string of the molecule is CCOc1ccc(-c2cn(C3CN(C(=O)Nc4ccc(OCC)c(Br)c4)C3)nn2)cc1. The van der Waals surface area contributed by atoms with Gasteiger partial charge in [0.25, 0.3) is 0 Å². The van der Waals surface area contributed by atoms with Gasteiger partial charge in [-0.2, -0.15) is 0 Å². The van der Waals surface area contributed by atoms with E-state index < -0.39 is 0 Å². The molecule has 1 fully saturated rings. The second-order valence-corrected chi connectivity index (χ2v) is 7.96. The number of halogens is 1. The summed E-state index contributed by atoms with van der Waals surface area (Å²) >= 11 is 3.46. The molecule has 1 aromatic heterocycles. The number of hydrogen-bond donors (Lipinski definition) is 1. The van der Waals surface area contributed by atoms with E-state index in [1.54, 1.807) is 4.90 Å². The smallest absolute Gasteiger partial charge is 0.321 e. The number of carbonyl (C=O) groups is 1. The zero-order valence-corrected chi connectivity index (χ0v) is 19.0. The lowest BCUT2D eigenvalue weighted by Crippen LogP contribution is -2.52. The third-order valence-corrected chi connectivity index (χ3v) is 5.60. The molecule has 2 aromatic carbocycles. The molecule has 9 heteroatoms. The second kappa shape index (κ2) is 9.38. The quantitative estimate of drug-likeness (QED) is 0.528.